The molecule has 1 aromatic carbocycles. The maximum Gasteiger partial charge on any atom is 0.354 e. The van der Waals surface area contributed by atoms with Gasteiger partial charge in [0.05, 0.1) is 0 Å². The molecular formula is C15H13ClN2O3. The lowest BCUT2D eigenvalue weighted by atomic mass is 10.1. The lowest BCUT2D eigenvalue weighted by molar-refractivity contribution is -0.116. The maximum absolute atomic E-state index is 11.8. The number of aryl methyl sites for hydroxylation is 1. The Hall–Kier alpha value is -2.40. The predicted octanol–water partition coefficient (Wildman–Crippen LogP) is 3.00. The van der Waals surface area contributed by atoms with Gasteiger partial charge in [-0.3, -0.25) is 4.79 Å². The van der Waals surface area contributed by atoms with Crippen molar-refractivity contribution in [1.82, 2.24) is 4.98 Å². The van der Waals surface area contributed by atoms with Crippen LogP contribution in [-0.4, -0.2) is 22.0 Å². The molecule has 0 aliphatic heterocycles. The number of hydrogen-bond acceptors (Lipinski definition) is 3. The normalized spacial score (nSPS) is 10.1. The SMILES string of the molecule is O=C(CCc1ccccc1Cl)Nc1cccc(C(=O)O)n1. The van der Waals surface area contributed by atoms with Gasteiger partial charge < -0.3 is 10.4 Å². The molecule has 0 atom stereocenters. The summed E-state index contributed by atoms with van der Waals surface area (Å²) >= 11 is 6.01. The second kappa shape index (κ2) is 6.85. The van der Waals surface area contributed by atoms with Crippen molar-refractivity contribution in [2.24, 2.45) is 0 Å². The molecule has 108 valence electrons. The highest BCUT2D eigenvalue weighted by atomic mass is 35.5. The van der Waals surface area contributed by atoms with E-state index in [1.807, 2.05) is 18.2 Å². The van der Waals surface area contributed by atoms with Gasteiger partial charge in [-0.15, -0.1) is 0 Å². The zero-order valence-corrected chi connectivity index (χ0v) is 11.8. The molecule has 0 fully saturated rings. The van der Waals surface area contributed by atoms with Crippen molar-refractivity contribution in [2.75, 3.05) is 5.32 Å². The Kier molecular flexibility index (Phi) is 4.90. The minimum atomic E-state index is -1.14. The van der Waals surface area contributed by atoms with Crippen LogP contribution in [0.25, 0.3) is 0 Å². The van der Waals surface area contributed by atoms with Gasteiger partial charge in [0.2, 0.25) is 5.91 Å². The van der Waals surface area contributed by atoms with Crippen LogP contribution >= 0.6 is 11.6 Å². The van der Waals surface area contributed by atoms with Gasteiger partial charge >= 0.3 is 5.97 Å². The molecule has 21 heavy (non-hydrogen) atoms. The molecule has 1 aromatic heterocycles. The third-order valence-electron chi connectivity index (χ3n) is 2.81. The van der Waals surface area contributed by atoms with Crippen LogP contribution in [0.15, 0.2) is 42.5 Å². The lowest BCUT2D eigenvalue weighted by Gasteiger charge is -2.06. The number of carbonyl (C=O) groups excluding carboxylic acids is 1. The van der Waals surface area contributed by atoms with Gasteiger partial charge in [-0.25, -0.2) is 9.78 Å². The maximum atomic E-state index is 11.8. The quantitative estimate of drug-likeness (QED) is 0.890. The van der Waals surface area contributed by atoms with E-state index in [0.717, 1.165) is 5.56 Å². The van der Waals surface area contributed by atoms with Crippen LogP contribution in [0.2, 0.25) is 5.02 Å². The molecule has 0 radical (unpaired) electrons. The number of halogens is 1. The van der Waals surface area contributed by atoms with Gasteiger partial charge in [-0.2, -0.15) is 0 Å². The van der Waals surface area contributed by atoms with Gasteiger partial charge in [-0.1, -0.05) is 35.9 Å². The number of benzene rings is 1. The van der Waals surface area contributed by atoms with E-state index in [9.17, 15) is 9.59 Å². The molecule has 2 rings (SSSR count). The molecule has 0 spiro atoms. The summed E-state index contributed by atoms with van der Waals surface area (Å²) in [5, 5.41) is 12.0. The summed E-state index contributed by atoms with van der Waals surface area (Å²) in [6.07, 6.45) is 0.743. The Bertz CT molecular complexity index is 673. The van der Waals surface area contributed by atoms with Crippen molar-refractivity contribution in [3.63, 3.8) is 0 Å². The van der Waals surface area contributed by atoms with E-state index in [2.05, 4.69) is 10.3 Å². The zero-order valence-electron chi connectivity index (χ0n) is 11.0. The average molecular weight is 305 g/mol. The number of anilines is 1. The molecule has 1 amide bonds. The summed E-state index contributed by atoms with van der Waals surface area (Å²) in [5.74, 6) is -1.16. The van der Waals surface area contributed by atoms with Crippen LogP contribution < -0.4 is 5.32 Å². The standard InChI is InChI=1S/C15H13ClN2O3/c16-11-5-2-1-4-10(11)8-9-14(19)18-13-7-3-6-12(17-13)15(20)21/h1-7H,8-9H2,(H,20,21)(H,17,18,19). The van der Waals surface area contributed by atoms with E-state index in [4.69, 9.17) is 16.7 Å². The minimum absolute atomic E-state index is 0.112. The zero-order chi connectivity index (χ0) is 15.2. The Morgan fingerprint density at radius 3 is 2.62 bits per heavy atom. The molecule has 0 saturated carbocycles. The van der Waals surface area contributed by atoms with Crippen LogP contribution in [0.5, 0.6) is 0 Å². The molecule has 0 aliphatic carbocycles. The molecular weight excluding hydrogens is 292 g/mol. The van der Waals surface area contributed by atoms with E-state index in [1.165, 1.54) is 12.1 Å². The second-order valence-corrected chi connectivity index (χ2v) is 4.76. The number of amides is 1. The Morgan fingerprint density at radius 1 is 1.14 bits per heavy atom. The van der Waals surface area contributed by atoms with Crippen LogP contribution in [0, 0.1) is 0 Å². The summed E-state index contributed by atoms with van der Waals surface area (Å²) in [5.41, 5.74) is 0.778. The second-order valence-electron chi connectivity index (χ2n) is 4.35. The lowest BCUT2D eigenvalue weighted by Crippen LogP contribution is -2.14. The molecule has 5 nitrogen and oxygen atoms in total. The summed E-state index contributed by atoms with van der Waals surface area (Å²) in [4.78, 5) is 26.5. The number of pyridine rings is 1. The highest BCUT2D eigenvalue weighted by molar-refractivity contribution is 6.31. The third kappa shape index (κ3) is 4.29. The fraction of sp³-hybridized carbons (Fsp3) is 0.133. The first-order valence-electron chi connectivity index (χ1n) is 6.30. The van der Waals surface area contributed by atoms with E-state index >= 15 is 0 Å². The van der Waals surface area contributed by atoms with Crippen molar-refractivity contribution < 1.29 is 14.7 Å². The van der Waals surface area contributed by atoms with Gasteiger partial charge in [0.1, 0.15) is 5.82 Å². The van der Waals surface area contributed by atoms with Crippen LogP contribution in [0.1, 0.15) is 22.5 Å². The number of nitrogens with one attached hydrogen (secondary N) is 1. The number of carboxylic acid groups (broad SMARTS) is 1. The molecule has 1 heterocycles. The van der Waals surface area contributed by atoms with Crippen LogP contribution in [-0.2, 0) is 11.2 Å². The van der Waals surface area contributed by atoms with Crippen molar-refractivity contribution in [2.45, 2.75) is 12.8 Å². The first-order chi connectivity index (χ1) is 10.1. The van der Waals surface area contributed by atoms with Gasteiger partial charge in [0.15, 0.2) is 5.69 Å². The summed E-state index contributed by atoms with van der Waals surface area (Å²) in [6, 6.07) is 11.7. The monoisotopic (exact) mass is 304 g/mol. The molecule has 0 saturated heterocycles. The number of hydrogen-bond donors (Lipinski definition) is 2. The summed E-state index contributed by atoms with van der Waals surface area (Å²) in [6.45, 7) is 0. The van der Waals surface area contributed by atoms with Gasteiger partial charge in [-0.05, 0) is 30.2 Å². The predicted molar refractivity (Wildman–Crippen MR) is 79.6 cm³/mol. The fourth-order valence-electron chi connectivity index (χ4n) is 1.78. The van der Waals surface area contributed by atoms with E-state index in [-0.39, 0.29) is 23.8 Å². The molecule has 0 aliphatic rings. The first-order valence-corrected chi connectivity index (χ1v) is 6.67. The van der Waals surface area contributed by atoms with Crippen molar-refractivity contribution in [3.05, 3.63) is 58.7 Å². The highest BCUT2D eigenvalue weighted by Gasteiger charge is 2.08. The Balaban J connectivity index is 1.95. The average Bonchev–Trinajstić information content (AvgIpc) is 2.46. The van der Waals surface area contributed by atoms with E-state index in [1.54, 1.807) is 12.1 Å². The fourth-order valence-corrected chi connectivity index (χ4v) is 2.01. The third-order valence-corrected chi connectivity index (χ3v) is 3.18. The number of aromatic nitrogens is 1. The number of nitrogens with zero attached hydrogens (tertiary/aromatic N) is 1. The molecule has 0 unspecified atom stereocenters. The molecule has 2 N–H and O–H groups in total. The smallest absolute Gasteiger partial charge is 0.354 e. The van der Waals surface area contributed by atoms with Gasteiger partial charge in [0, 0.05) is 11.4 Å². The van der Waals surface area contributed by atoms with Crippen molar-refractivity contribution in [1.29, 1.82) is 0 Å². The van der Waals surface area contributed by atoms with E-state index < -0.39 is 5.97 Å². The Morgan fingerprint density at radius 2 is 1.90 bits per heavy atom. The topological polar surface area (TPSA) is 79.3 Å². The van der Waals surface area contributed by atoms with Crippen LogP contribution in [0.3, 0.4) is 0 Å². The Labute approximate surface area is 126 Å². The molecule has 6 heteroatoms. The largest absolute Gasteiger partial charge is 0.477 e. The summed E-state index contributed by atoms with van der Waals surface area (Å²) in [7, 11) is 0. The number of carboxylic acids is 1. The number of aromatic carboxylic acids is 1. The van der Waals surface area contributed by atoms with E-state index in [0.29, 0.717) is 11.4 Å². The van der Waals surface area contributed by atoms with Crippen molar-refractivity contribution in [3.8, 4) is 0 Å². The number of rotatable bonds is 5. The minimum Gasteiger partial charge on any atom is -0.477 e. The number of carbonyl (C=O) groups is 2. The highest BCUT2D eigenvalue weighted by Crippen LogP contribution is 2.16. The van der Waals surface area contributed by atoms with Crippen LogP contribution in [0.4, 0.5) is 5.82 Å². The molecule has 2 aromatic rings. The summed E-state index contributed by atoms with van der Waals surface area (Å²) < 4.78 is 0. The van der Waals surface area contributed by atoms with Gasteiger partial charge in [0.25, 0.3) is 0 Å². The molecule has 0 bridgehead atoms. The first kappa shape index (κ1) is 15.0. The van der Waals surface area contributed by atoms with Crippen molar-refractivity contribution >= 4 is 29.3 Å².